The van der Waals surface area contributed by atoms with Crippen molar-refractivity contribution in [2.75, 3.05) is 0 Å². The molecule has 2 aliphatic carbocycles. The van der Waals surface area contributed by atoms with E-state index in [-0.39, 0.29) is 18.6 Å². The maximum absolute atomic E-state index is 12.4. The van der Waals surface area contributed by atoms with Crippen LogP contribution >= 0.6 is 0 Å². The molecule has 3 aliphatic rings. The van der Waals surface area contributed by atoms with Crippen LogP contribution < -0.4 is 0 Å². The van der Waals surface area contributed by atoms with Gasteiger partial charge in [0.15, 0.2) is 5.78 Å². The van der Waals surface area contributed by atoms with Gasteiger partial charge in [-0.25, -0.2) is 0 Å². The van der Waals surface area contributed by atoms with Gasteiger partial charge in [0, 0.05) is 12.3 Å². The number of hydrogen-bond donors (Lipinski definition) is 5. The standard InChI is InChI=1S/C15H24O7/c16-7-1-2-8-11(5-7)22-15(14(21)12(8)19)6-3-9(17)13(20)10(18)4-6/h6-11,13-18,20-21H,1-5H2. The van der Waals surface area contributed by atoms with Gasteiger partial charge in [-0.3, -0.25) is 4.79 Å². The Bertz CT molecular complexity index is 416. The molecular formula is C15H24O7. The first-order valence-corrected chi connectivity index (χ1v) is 7.98. The number of carbonyl (C=O) groups excluding carboxylic acids is 1. The first-order valence-electron chi connectivity index (χ1n) is 7.98. The number of carbonyl (C=O) groups is 1. The Morgan fingerprint density at radius 3 is 2.18 bits per heavy atom. The van der Waals surface area contributed by atoms with E-state index in [0.717, 1.165) is 0 Å². The lowest BCUT2D eigenvalue weighted by atomic mass is 9.72. The van der Waals surface area contributed by atoms with Crippen LogP contribution in [0.1, 0.15) is 32.1 Å². The van der Waals surface area contributed by atoms with Gasteiger partial charge in [-0.2, -0.15) is 0 Å². The number of ether oxygens (including phenoxy) is 1. The fourth-order valence-electron chi connectivity index (χ4n) is 4.13. The van der Waals surface area contributed by atoms with Gasteiger partial charge in [-0.15, -0.1) is 0 Å². The quantitative estimate of drug-likeness (QED) is 0.392. The minimum absolute atomic E-state index is 0.160. The molecular weight excluding hydrogens is 292 g/mol. The van der Waals surface area contributed by atoms with Crippen molar-refractivity contribution in [3.05, 3.63) is 0 Å². The molecule has 0 aromatic carbocycles. The van der Waals surface area contributed by atoms with Crippen molar-refractivity contribution in [2.45, 2.75) is 74.8 Å². The Labute approximate surface area is 128 Å². The van der Waals surface area contributed by atoms with Gasteiger partial charge in [0.05, 0.1) is 30.5 Å². The van der Waals surface area contributed by atoms with Crippen molar-refractivity contribution in [1.82, 2.24) is 0 Å². The van der Waals surface area contributed by atoms with E-state index in [0.29, 0.717) is 19.3 Å². The predicted octanol–water partition coefficient (Wildman–Crippen LogP) is -1.66. The molecule has 0 spiro atoms. The highest BCUT2D eigenvalue weighted by atomic mass is 16.5. The molecule has 1 aliphatic heterocycles. The summed E-state index contributed by atoms with van der Waals surface area (Å²) in [6.45, 7) is 0. The summed E-state index contributed by atoms with van der Waals surface area (Å²) >= 11 is 0. The molecule has 7 atom stereocenters. The highest BCUT2D eigenvalue weighted by Crippen LogP contribution is 2.39. The minimum atomic E-state index is -1.28. The van der Waals surface area contributed by atoms with Crippen LogP contribution in [-0.2, 0) is 9.53 Å². The normalized spacial score (nSPS) is 53.1. The van der Waals surface area contributed by atoms with Crippen molar-refractivity contribution in [1.29, 1.82) is 0 Å². The van der Waals surface area contributed by atoms with Gasteiger partial charge in [0.25, 0.3) is 0 Å². The molecule has 7 nitrogen and oxygen atoms in total. The molecule has 1 saturated heterocycles. The summed E-state index contributed by atoms with van der Waals surface area (Å²) in [5.41, 5.74) is 0. The fourth-order valence-corrected chi connectivity index (χ4v) is 4.13. The monoisotopic (exact) mass is 316 g/mol. The molecule has 3 fully saturated rings. The smallest absolute Gasteiger partial charge is 0.169 e. The average molecular weight is 316 g/mol. The molecule has 22 heavy (non-hydrogen) atoms. The second-order valence-electron chi connectivity index (χ2n) is 6.92. The molecule has 0 aromatic rings. The SMILES string of the molecule is O=C1C(O)C(C2CC(O)C(O)C(O)C2)OC2CC(O)CCC12. The Morgan fingerprint density at radius 2 is 1.55 bits per heavy atom. The summed E-state index contributed by atoms with van der Waals surface area (Å²) in [7, 11) is 0. The molecule has 2 saturated carbocycles. The second kappa shape index (κ2) is 6.14. The topological polar surface area (TPSA) is 127 Å². The summed E-state index contributed by atoms with van der Waals surface area (Å²) in [4.78, 5) is 12.4. The minimum Gasteiger partial charge on any atom is -0.393 e. The third-order valence-electron chi connectivity index (χ3n) is 5.41. The molecule has 7 heteroatoms. The van der Waals surface area contributed by atoms with Gasteiger partial charge in [-0.05, 0) is 31.6 Å². The maximum Gasteiger partial charge on any atom is 0.169 e. The Hall–Kier alpha value is -0.570. The molecule has 5 N–H and O–H groups in total. The summed E-state index contributed by atoms with van der Waals surface area (Å²) in [5.74, 6) is -1.07. The third kappa shape index (κ3) is 2.81. The zero-order valence-electron chi connectivity index (χ0n) is 12.3. The molecule has 1 heterocycles. The zero-order chi connectivity index (χ0) is 16.0. The van der Waals surface area contributed by atoms with E-state index < -0.39 is 54.6 Å². The van der Waals surface area contributed by atoms with Crippen molar-refractivity contribution in [2.24, 2.45) is 11.8 Å². The summed E-state index contributed by atoms with van der Waals surface area (Å²) in [6, 6.07) is 0. The van der Waals surface area contributed by atoms with Crippen LogP contribution in [0, 0.1) is 11.8 Å². The van der Waals surface area contributed by atoms with Crippen molar-refractivity contribution < 1.29 is 35.1 Å². The molecule has 0 radical (unpaired) electrons. The van der Waals surface area contributed by atoms with Crippen LogP contribution in [0.2, 0.25) is 0 Å². The van der Waals surface area contributed by atoms with E-state index in [4.69, 9.17) is 4.74 Å². The second-order valence-corrected chi connectivity index (χ2v) is 6.92. The van der Waals surface area contributed by atoms with Crippen LogP contribution in [-0.4, -0.2) is 74.0 Å². The number of fused-ring (bicyclic) bond motifs is 1. The number of ketones is 1. The van der Waals surface area contributed by atoms with Gasteiger partial charge in [-0.1, -0.05) is 0 Å². The van der Waals surface area contributed by atoms with E-state index in [1.807, 2.05) is 0 Å². The predicted molar refractivity (Wildman–Crippen MR) is 73.8 cm³/mol. The lowest BCUT2D eigenvalue weighted by molar-refractivity contribution is -0.203. The first-order chi connectivity index (χ1) is 10.4. The van der Waals surface area contributed by atoms with E-state index in [9.17, 15) is 30.3 Å². The van der Waals surface area contributed by atoms with Crippen LogP contribution in [0.4, 0.5) is 0 Å². The molecule has 3 rings (SSSR count). The molecule has 0 aromatic heterocycles. The largest absolute Gasteiger partial charge is 0.393 e. The number of aliphatic hydroxyl groups excluding tert-OH is 5. The number of rotatable bonds is 1. The summed E-state index contributed by atoms with van der Waals surface area (Å²) in [6.07, 6.45) is -4.72. The summed E-state index contributed by atoms with van der Waals surface area (Å²) in [5, 5.41) is 49.2. The summed E-state index contributed by atoms with van der Waals surface area (Å²) < 4.78 is 5.88. The van der Waals surface area contributed by atoms with E-state index in [1.54, 1.807) is 0 Å². The van der Waals surface area contributed by atoms with E-state index in [1.165, 1.54) is 0 Å². The van der Waals surface area contributed by atoms with Crippen LogP contribution in [0.3, 0.4) is 0 Å². The molecule has 0 amide bonds. The molecule has 0 bridgehead atoms. The first kappa shape index (κ1) is 16.3. The maximum atomic E-state index is 12.4. The lowest BCUT2D eigenvalue weighted by Gasteiger charge is -2.46. The van der Waals surface area contributed by atoms with Gasteiger partial charge in [0.2, 0.25) is 0 Å². The van der Waals surface area contributed by atoms with Crippen LogP contribution in [0.5, 0.6) is 0 Å². The van der Waals surface area contributed by atoms with Gasteiger partial charge < -0.3 is 30.3 Å². The van der Waals surface area contributed by atoms with Crippen LogP contribution in [0.25, 0.3) is 0 Å². The Kier molecular flexibility index (Phi) is 4.55. The third-order valence-corrected chi connectivity index (χ3v) is 5.41. The highest BCUT2D eigenvalue weighted by Gasteiger charge is 2.50. The van der Waals surface area contributed by atoms with Crippen molar-refractivity contribution in [3.8, 4) is 0 Å². The number of hydrogen-bond acceptors (Lipinski definition) is 7. The lowest BCUT2D eigenvalue weighted by Crippen LogP contribution is -2.58. The van der Waals surface area contributed by atoms with Crippen molar-refractivity contribution >= 4 is 5.78 Å². The van der Waals surface area contributed by atoms with Crippen LogP contribution in [0.15, 0.2) is 0 Å². The molecule has 126 valence electrons. The van der Waals surface area contributed by atoms with Gasteiger partial charge >= 0.3 is 0 Å². The number of aliphatic hydroxyl groups is 5. The molecule has 7 unspecified atom stereocenters. The zero-order valence-corrected chi connectivity index (χ0v) is 12.3. The highest BCUT2D eigenvalue weighted by molar-refractivity contribution is 5.87. The van der Waals surface area contributed by atoms with Gasteiger partial charge in [0.1, 0.15) is 12.2 Å². The Balaban J connectivity index is 1.74. The van der Waals surface area contributed by atoms with Crippen molar-refractivity contribution in [3.63, 3.8) is 0 Å². The average Bonchev–Trinajstić information content (AvgIpc) is 2.47. The number of Topliss-reactive ketones (excluding diaryl/α,β-unsaturated/α-hetero) is 1. The van der Waals surface area contributed by atoms with E-state index in [2.05, 4.69) is 0 Å². The van der Waals surface area contributed by atoms with E-state index >= 15 is 0 Å². The Morgan fingerprint density at radius 1 is 0.909 bits per heavy atom. The fraction of sp³-hybridized carbons (Fsp3) is 0.933.